The molecule has 0 rings (SSSR count). The number of aliphatic hydroxyl groups is 1. The third kappa shape index (κ3) is 3.66. The standard InChI is InChI=1S/C11H22O3/c1-5-8-11(4,13)9(6-2)10(12)14-7-3/h9,13H,5-8H2,1-4H3. The van der Waals surface area contributed by atoms with Crippen LogP contribution in [0.3, 0.4) is 0 Å². The number of hydrogen-bond acceptors (Lipinski definition) is 3. The lowest BCUT2D eigenvalue weighted by Gasteiger charge is -2.30. The summed E-state index contributed by atoms with van der Waals surface area (Å²) in [5, 5.41) is 10.1. The van der Waals surface area contributed by atoms with Gasteiger partial charge in [0, 0.05) is 0 Å². The van der Waals surface area contributed by atoms with E-state index < -0.39 is 11.5 Å². The summed E-state index contributed by atoms with van der Waals surface area (Å²) in [7, 11) is 0. The van der Waals surface area contributed by atoms with Crippen LogP contribution in [0, 0.1) is 5.92 Å². The van der Waals surface area contributed by atoms with Crippen LogP contribution in [0.1, 0.15) is 47.0 Å². The maximum atomic E-state index is 11.5. The minimum atomic E-state index is -0.935. The number of carbonyl (C=O) groups excluding carboxylic acids is 1. The van der Waals surface area contributed by atoms with Crippen LogP contribution in [0.25, 0.3) is 0 Å². The second kappa shape index (κ2) is 6.02. The van der Waals surface area contributed by atoms with Gasteiger partial charge in [0.15, 0.2) is 0 Å². The molecule has 0 aromatic heterocycles. The Morgan fingerprint density at radius 1 is 1.43 bits per heavy atom. The highest BCUT2D eigenvalue weighted by molar-refractivity contribution is 5.73. The summed E-state index contributed by atoms with van der Waals surface area (Å²) < 4.78 is 4.93. The van der Waals surface area contributed by atoms with Crippen LogP contribution in [-0.2, 0) is 9.53 Å². The molecule has 0 fully saturated rings. The van der Waals surface area contributed by atoms with E-state index in [1.54, 1.807) is 13.8 Å². The molecule has 0 aliphatic heterocycles. The minimum absolute atomic E-state index is 0.284. The molecular formula is C11H22O3. The molecule has 3 heteroatoms. The first-order valence-electron chi connectivity index (χ1n) is 5.38. The molecule has 0 saturated heterocycles. The van der Waals surface area contributed by atoms with E-state index in [0.29, 0.717) is 19.4 Å². The van der Waals surface area contributed by atoms with Gasteiger partial charge < -0.3 is 9.84 Å². The lowest BCUT2D eigenvalue weighted by atomic mass is 9.83. The normalized spacial score (nSPS) is 17.2. The van der Waals surface area contributed by atoms with Gasteiger partial charge in [-0.05, 0) is 26.7 Å². The number of hydrogen-bond donors (Lipinski definition) is 1. The Morgan fingerprint density at radius 3 is 2.36 bits per heavy atom. The number of esters is 1. The summed E-state index contributed by atoms with van der Waals surface area (Å²) >= 11 is 0. The van der Waals surface area contributed by atoms with Gasteiger partial charge in [0.1, 0.15) is 0 Å². The Morgan fingerprint density at radius 2 is 2.00 bits per heavy atom. The topological polar surface area (TPSA) is 46.5 Å². The summed E-state index contributed by atoms with van der Waals surface area (Å²) in [5.41, 5.74) is -0.935. The van der Waals surface area contributed by atoms with Crippen molar-refractivity contribution in [1.29, 1.82) is 0 Å². The molecule has 3 nitrogen and oxygen atoms in total. The van der Waals surface area contributed by atoms with Crippen LogP contribution in [0.2, 0.25) is 0 Å². The van der Waals surface area contributed by atoms with Crippen molar-refractivity contribution in [2.24, 2.45) is 5.92 Å². The Labute approximate surface area is 86.5 Å². The van der Waals surface area contributed by atoms with E-state index in [0.717, 1.165) is 6.42 Å². The van der Waals surface area contributed by atoms with Gasteiger partial charge in [0.2, 0.25) is 0 Å². The number of rotatable bonds is 6. The Bertz CT molecular complexity index is 175. The van der Waals surface area contributed by atoms with Crippen molar-refractivity contribution in [2.45, 2.75) is 52.6 Å². The largest absolute Gasteiger partial charge is 0.466 e. The second-order valence-electron chi connectivity index (χ2n) is 3.82. The highest BCUT2D eigenvalue weighted by atomic mass is 16.5. The third-order valence-electron chi connectivity index (χ3n) is 2.49. The van der Waals surface area contributed by atoms with E-state index in [-0.39, 0.29) is 5.97 Å². The second-order valence-corrected chi connectivity index (χ2v) is 3.82. The molecule has 0 aliphatic carbocycles. The molecule has 1 N–H and O–H groups in total. The van der Waals surface area contributed by atoms with Gasteiger partial charge in [-0.2, -0.15) is 0 Å². The lowest BCUT2D eigenvalue weighted by Crippen LogP contribution is -2.40. The van der Waals surface area contributed by atoms with E-state index in [2.05, 4.69) is 0 Å². The summed E-state index contributed by atoms with van der Waals surface area (Å²) in [5.74, 6) is -0.684. The lowest BCUT2D eigenvalue weighted by molar-refractivity contribution is -0.158. The highest BCUT2D eigenvalue weighted by Crippen LogP contribution is 2.26. The molecule has 0 amide bonds. The van der Waals surface area contributed by atoms with Gasteiger partial charge in [-0.1, -0.05) is 20.3 Å². The van der Waals surface area contributed by atoms with Crippen LogP contribution >= 0.6 is 0 Å². The maximum Gasteiger partial charge on any atom is 0.311 e. The zero-order chi connectivity index (χ0) is 11.2. The number of carbonyl (C=O) groups is 1. The molecule has 0 bridgehead atoms. The highest BCUT2D eigenvalue weighted by Gasteiger charge is 2.36. The first-order chi connectivity index (χ1) is 6.49. The first kappa shape index (κ1) is 13.4. The molecule has 2 unspecified atom stereocenters. The fraction of sp³-hybridized carbons (Fsp3) is 0.909. The molecule has 0 radical (unpaired) electrons. The molecule has 0 aliphatic rings. The summed E-state index contributed by atoms with van der Waals surface area (Å²) in [6.07, 6.45) is 2.11. The van der Waals surface area contributed by atoms with Gasteiger partial charge in [0.05, 0.1) is 18.1 Å². The van der Waals surface area contributed by atoms with E-state index in [1.807, 2.05) is 13.8 Å². The predicted octanol–water partition coefficient (Wildman–Crippen LogP) is 2.13. The van der Waals surface area contributed by atoms with Crippen molar-refractivity contribution in [3.05, 3.63) is 0 Å². The summed E-state index contributed by atoms with van der Waals surface area (Å²) in [6.45, 7) is 7.75. The van der Waals surface area contributed by atoms with Crippen molar-refractivity contribution in [3.8, 4) is 0 Å². The Hall–Kier alpha value is -0.570. The molecule has 0 spiro atoms. The maximum absolute atomic E-state index is 11.5. The Balaban J connectivity index is 4.44. The average Bonchev–Trinajstić information content (AvgIpc) is 2.04. The molecular weight excluding hydrogens is 180 g/mol. The van der Waals surface area contributed by atoms with Gasteiger partial charge >= 0.3 is 5.97 Å². The van der Waals surface area contributed by atoms with Crippen LogP contribution in [0.15, 0.2) is 0 Å². The molecule has 0 heterocycles. The van der Waals surface area contributed by atoms with Gasteiger partial charge in [0.25, 0.3) is 0 Å². The smallest absolute Gasteiger partial charge is 0.311 e. The average molecular weight is 202 g/mol. The quantitative estimate of drug-likeness (QED) is 0.671. The summed E-state index contributed by atoms with van der Waals surface area (Å²) in [4.78, 5) is 11.5. The molecule has 0 aromatic rings. The fourth-order valence-corrected chi connectivity index (χ4v) is 1.78. The predicted molar refractivity (Wildman–Crippen MR) is 55.9 cm³/mol. The molecule has 14 heavy (non-hydrogen) atoms. The molecule has 0 saturated carbocycles. The Kier molecular flexibility index (Phi) is 5.77. The van der Waals surface area contributed by atoms with Crippen LogP contribution in [-0.4, -0.2) is 23.3 Å². The monoisotopic (exact) mass is 202 g/mol. The van der Waals surface area contributed by atoms with E-state index in [4.69, 9.17) is 4.74 Å². The third-order valence-corrected chi connectivity index (χ3v) is 2.49. The van der Waals surface area contributed by atoms with Gasteiger partial charge in [-0.15, -0.1) is 0 Å². The van der Waals surface area contributed by atoms with E-state index in [1.165, 1.54) is 0 Å². The molecule has 2 atom stereocenters. The van der Waals surface area contributed by atoms with E-state index >= 15 is 0 Å². The van der Waals surface area contributed by atoms with Crippen molar-refractivity contribution >= 4 is 5.97 Å². The summed E-state index contributed by atoms with van der Waals surface area (Å²) in [6, 6.07) is 0. The van der Waals surface area contributed by atoms with Gasteiger partial charge in [-0.3, -0.25) is 4.79 Å². The molecule has 84 valence electrons. The van der Waals surface area contributed by atoms with E-state index in [9.17, 15) is 9.90 Å². The molecule has 0 aromatic carbocycles. The van der Waals surface area contributed by atoms with Gasteiger partial charge in [-0.25, -0.2) is 0 Å². The van der Waals surface area contributed by atoms with Crippen molar-refractivity contribution in [3.63, 3.8) is 0 Å². The van der Waals surface area contributed by atoms with Crippen molar-refractivity contribution in [1.82, 2.24) is 0 Å². The SMILES string of the molecule is CCCC(C)(O)C(CC)C(=O)OCC. The van der Waals surface area contributed by atoms with Crippen molar-refractivity contribution < 1.29 is 14.6 Å². The van der Waals surface area contributed by atoms with Crippen LogP contribution in [0.4, 0.5) is 0 Å². The number of ether oxygens (including phenoxy) is 1. The van der Waals surface area contributed by atoms with Crippen LogP contribution < -0.4 is 0 Å². The minimum Gasteiger partial charge on any atom is -0.466 e. The first-order valence-corrected chi connectivity index (χ1v) is 5.38. The zero-order valence-electron chi connectivity index (χ0n) is 9.67. The fourth-order valence-electron chi connectivity index (χ4n) is 1.78. The zero-order valence-corrected chi connectivity index (χ0v) is 9.67. The van der Waals surface area contributed by atoms with Crippen LogP contribution in [0.5, 0.6) is 0 Å². The van der Waals surface area contributed by atoms with Crippen molar-refractivity contribution in [2.75, 3.05) is 6.61 Å².